The van der Waals surface area contributed by atoms with Crippen LogP contribution in [-0.4, -0.2) is 52.1 Å². The number of carbonyl (C=O) groups is 3. The molecule has 1 saturated heterocycles. The van der Waals surface area contributed by atoms with Crippen molar-refractivity contribution in [3.63, 3.8) is 0 Å². The predicted octanol–water partition coefficient (Wildman–Crippen LogP) is 2.77. The van der Waals surface area contributed by atoms with Gasteiger partial charge in [-0.1, -0.05) is 6.92 Å². The summed E-state index contributed by atoms with van der Waals surface area (Å²) in [7, 11) is 0. The van der Waals surface area contributed by atoms with E-state index in [-0.39, 0.29) is 41.8 Å². The molecule has 2 aliphatic carbocycles. The van der Waals surface area contributed by atoms with Crippen molar-refractivity contribution >= 4 is 17.8 Å². The second-order valence-corrected chi connectivity index (χ2v) is 9.16. The molecule has 11 heteroatoms. The van der Waals surface area contributed by atoms with Gasteiger partial charge in [0.05, 0.1) is 5.92 Å². The van der Waals surface area contributed by atoms with Crippen molar-refractivity contribution in [3.05, 3.63) is 23.9 Å². The molecular weight excluding hydrogens is 429 g/mol. The van der Waals surface area contributed by atoms with Crippen LogP contribution in [0.4, 0.5) is 18.0 Å². The molecule has 2 unspecified atom stereocenters. The van der Waals surface area contributed by atoms with E-state index in [1.165, 1.54) is 11.1 Å². The molecule has 2 atom stereocenters. The monoisotopic (exact) mass is 454 g/mol. The van der Waals surface area contributed by atoms with Crippen LogP contribution in [0.15, 0.2) is 18.3 Å². The highest BCUT2D eigenvalue weighted by Crippen LogP contribution is 2.58. The molecule has 174 valence electrons. The summed E-state index contributed by atoms with van der Waals surface area (Å²) in [4.78, 5) is 41.6. The van der Waals surface area contributed by atoms with Crippen LogP contribution in [0, 0.1) is 11.3 Å². The number of hydrogen-bond acceptors (Lipinski definition) is 5. The number of nitrogens with zero attached hydrogens (tertiary/aromatic N) is 2. The molecule has 4 rings (SSSR count). The smallest absolute Gasteiger partial charge is 0.391 e. The average molecular weight is 454 g/mol. The van der Waals surface area contributed by atoms with Crippen LogP contribution in [0.2, 0.25) is 0 Å². The lowest BCUT2D eigenvalue weighted by Gasteiger charge is -2.58. The Labute approximate surface area is 182 Å². The Bertz CT molecular complexity index is 924. The van der Waals surface area contributed by atoms with Crippen molar-refractivity contribution < 1.29 is 32.3 Å². The van der Waals surface area contributed by atoms with E-state index in [1.807, 2.05) is 0 Å². The predicted molar refractivity (Wildman–Crippen MR) is 105 cm³/mol. The summed E-state index contributed by atoms with van der Waals surface area (Å²) in [6, 6.07) is 1.44. The molecule has 8 nitrogen and oxygen atoms in total. The lowest BCUT2D eigenvalue weighted by Crippen LogP contribution is -2.60. The molecule has 2 heterocycles. The number of pyridine rings is 1. The Morgan fingerprint density at radius 1 is 1.34 bits per heavy atom. The summed E-state index contributed by atoms with van der Waals surface area (Å²) in [5.41, 5.74) is 5.51. The number of rotatable bonds is 7. The maximum Gasteiger partial charge on any atom is 0.391 e. The fourth-order valence-corrected chi connectivity index (χ4v) is 4.95. The summed E-state index contributed by atoms with van der Waals surface area (Å²) in [6.45, 7) is 1.07. The number of halogens is 3. The van der Waals surface area contributed by atoms with Gasteiger partial charge in [-0.15, -0.1) is 0 Å². The number of amides is 4. The molecule has 3 fully saturated rings. The minimum atomic E-state index is -4.32. The quantitative estimate of drug-likeness (QED) is 0.615. The molecule has 1 spiro atoms. The third kappa shape index (κ3) is 4.12. The molecule has 1 aromatic rings. The van der Waals surface area contributed by atoms with Gasteiger partial charge in [0.25, 0.3) is 11.8 Å². The minimum Gasteiger partial charge on any atom is -0.474 e. The van der Waals surface area contributed by atoms with Crippen LogP contribution < -0.4 is 15.8 Å². The van der Waals surface area contributed by atoms with Crippen molar-refractivity contribution in [3.8, 4) is 5.88 Å². The van der Waals surface area contributed by atoms with Gasteiger partial charge >= 0.3 is 12.2 Å². The van der Waals surface area contributed by atoms with E-state index in [9.17, 15) is 27.6 Å². The van der Waals surface area contributed by atoms with Crippen LogP contribution in [0.25, 0.3) is 0 Å². The Morgan fingerprint density at radius 3 is 2.66 bits per heavy atom. The maximum atomic E-state index is 12.7. The number of nitrogens with one attached hydrogen (secondary N) is 1. The molecule has 2 saturated carbocycles. The number of imide groups is 1. The number of aromatic nitrogens is 1. The second-order valence-electron chi connectivity index (χ2n) is 9.16. The van der Waals surface area contributed by atoms with Crippen molar-refractivity contribution in [1.82, 2.24) is 15.2 Å². The molecule has 3 N–H and O–H groups in total. The molecule has 0 bridgehead atoms. The first-order chi connectivity index (χ1) is 15.0. The summed E-state index contributed by atoms with van der Waals surface area (Å²) in [6.07, 6.45) is -0.539. The number of ether oxygens (including phenoxy) is 1. The van der Waals surface area contributed by atoms with Crippen molar-refractivity contribution in [2.24, 2.45) is 17.1 Å². The number of alkyl halides is 3. The number of urea groups is 1. The summed E-state index contributed by atoms with van der Waals surface area (Å²) < 4.78 is 43.9. The lowest BCUT2D eigenvalue weighted by atomic mass is 9.52. The van der Waals surface area contributed by atoms with E-state index in [4.69, 9.17) is 10.5 Å². The molecule has 3 aliphatic rings. The summed E-state index contributed by atoms with van der Waals surface area (Å²) in [5, 5.41) is 2.52. The van der Waals surface area contributed by atoms with E-state index >= 15 is 0 Å². The van der Waals surface area contributed by atoms with Crippen LogP contribution in [-0.2, 0) is 4.79 Å². The van der Waals surface area contributed by atoms with E-state index in [1.54, 1.807) is 12.1 Å². The standard InChI is InChI=1S/C21H25F3N4O4/c1-11(21(22,23)24)4-5-15-18(30)28(19(31)27-15)12-7-20(8-12)9-13(10-20)32-17-14(16(25)29)3-2-6-26-17/h2-3,6,11-13,15H,4-5,7-10H2,1H3,(H2,25,29)(H,27,31). The van der Waals surface area contributed by atoms with Gasteiger partial charge in [0, 0.05) is 12.2 Å². The van der Waals surface area contributed by atoms with Crippen molar-refractivity contribution in [2.75, 3.05) is 0 Å². The molecule has 1 aliphatic heterocycles. The fourth-order valence-electron chi connectivity index (χ4n) is 4.95. The van der Waals surface area contributed by atoms with Gasteiger partial charge < -0.3 is 15.8 Å². The molecule has 32 heavy (non-hydrogen) atoms. The van der Waals surface area contributed by atoms with Crippen molar-refractivity contribution in [1.29, 1.82) is 0 Å². The van der Waals surface area contributed by atoms with Gasteiger partial charge in [-0.3, -0.25) is 14.5 Å². The first-order valence-electron chi connectivity index (χ1n) is 10.6. The Kier molecular flexibility index (Phi) is 5.54. The Balaban J connectivity index is 1.27. The lowest BCUT2D eigenvalue weighted by molar-refractivity contribution is -0.172. The number of hydrogen-bond donors (Lipinski definition) is 2. The van der Waals surface area contributed by atoms with E-state index < -0.39 is 36.0 Å². The summed E-state index contributed by atoms with van der Waals surface area (Å²) >= 11 is 0. The van der Waals surface area contributed by atoms with Gasteiger partial charge in [0.2, 0.25) is 5.88 Å². The van der Waals surface area contributed by atoms with E-state index in [2.05, 4.69) is 10.3 Å². The van der Waals surface area contributed by atoms with Crippen LogP contribution in [0.3, 0.4) is 0 Å². The second kappa shape index (κ2) is 7.93. The zero-order chi connectivity index (χ0) is 23.3. The van der Waals surface area contributed by atoms with Crippen LogP contribution in [0.5, 0.6) is 5.88 Å². The topological polar surface area (TPSA) is 115 Å². The Hall–Kier alpha value is -2.85. The zero-order valence-electron chi connectivity index (χ0n) is 17.5. The van der Waals surface area contributed by atoms with Gasteiger partial charge in [-0.05, 0) is 56.1 Å². The van der Waals surface area contributed by atoms with Crippen molar-refractivity contribution in [2.45, 2.75) is 69.8 Å². The SMILES string of the molecule is CC(CCC1NC(=O)N(C2CC3(CC(Oc4ncccc4C(N)=O)C3)C2)C1=O)C(F)(F)F. The Morgan fingerprint density at radius 2 is 2.03 bits per heavy atom. The highest BCUT2D eigenvalue weighted by Gasteiger charge is 2.58. The highest BCUT2D eigenvalue weighted by molar-refractivity contribution is 6.04. The van der Waals surface area contributed by atoms with Gasteiger partial charge in [0.1, 0.15) is 17.7 Å². The van der Waals surface area contributed by atoms with Gasteiger partial charge in [0.15, 0.2) is 0 Å². The van der Waals surface area contributed by atoms with E-state index in [0.29, 0.717) is 25.7 Å². The molecular formula is C21H25F3N4O4. The minimum absolute atomic E-state index is 0.0399. The molecule has 1 aromatic heterocycles. The zero-order valence-corrected chi connectivity index (χ0v) is 17.5. The largest absolute Gasteiger partial charge is 0.474 e. The van der Waals surface area contributed by atoms with Crippen LogP contribution >= 0.6 is 0 Å². The first kappa shape index (κ1) is 22.3. The van der Waals surface area contributed by atoms with Crippen LogP contribution in [0.1, 0.15) is 55.8 Å². The summed E-state index contributed by atoms with van der Waals surface area (Å²) in [5.74, 6) is -2.41. The number of primary amides is 1. The average Bonchev–Trinajstić information content (AvgIpc) is 2.93. The normalized spacial score (nSPS) is 30.5. The third-order valence-electron chi connectivity index (χ3n) is 6.84. The van der Waals surface area contributed by atoms with E-state index in [0.717, 1.165) is 6.92 Å². The maximum absolute atomic E-state index is 12.7. The molecule has 4 amide bonds. The third-order valence-corrected chi connectivity index (χ3v) is 6.84. The first-order valence-corrected chi connectivity index (χ1v) is 10.6. The number of carbonyl (C=O) groups excluding carboxylic acids is 3. The fraction of sp³-hybridized carbons (Fsp3) is 0.619. The number of nitrogens with two attached hydrogens (primary N) is 1. The van der Waals surface area contributed by atoms with Gasteiger partial charge in [-0.2, -0.15) is 13.2 Å². The highest BCUT2D eigenvalue weighted by atomic mass is 19.4. The van der Waals surface area contributed by atoms with Gasteiger partial charge in [-0.25, -0.2) is 9.78 Å². The molecule has 0 radical (unpaired) electrons. The molecule has 0 aromatic carbocycles.